The van der Waals surface area contributed by atoms with Crippen molar-refractivity contribution in [3.8, 4) is 0 Å². The zero-order valence-electron chi connectivity index (χ0n) is 13.9. The number of ether oxygens (including phenoxy) is 1. The molecule has 1 aliphatic heterocycles. The van der Waals surface area contributed by atoms with Crippen molar-refractivity contribution in [2.45, 2.75) is 45.6 Å². The summed E-state index contributed by atoms with van der Waals surface area (Å²) < 4.78 is 5.08. The Labute approximate surface area is 140 Å². The van der Waals surface area contributed by atoms with Crippen LogP contribution in [-0.4, -0.2) is 53.2 Å². The molecule has 1 aromatic heterocycles. The van der Waals surface area contributed by atoms with Gasteiger partial charge in [0.15, 0.2) is 0 Å². The van der Waals surface area contributed by atoms with E-state index in [1.807, 2.05) is 6.92 Å². The van der Waals surface area contributed by atoms with E-state index in [-0.39, 0.29) is 30.2 Å². The van der Waals surface area contributed by atoms with Gasteiger partial charge in [-0.2, -0.15) is 0 Å². The number of unbranched alkanes of at least 4 members (excludes halogenated alkanes) is 1. The van der Waals surface area contributed by atoms with Crippen molar-refractivity contribution in [1.29, 1.82) is 0 Å². The second kappa shape index (κ2) is 8.35. The second-order valence-electron chi connectivity index (χ2n) is 5.85. The number of hydrogen-bond acceptors (Lipinski definition) is 6. The number of carbonyl (C=O) groups excluding carboxylic acids is 2. The maximum atomic E-state index is 12.3. The van der Waals surface area contributed by atoms with Gasteiger partial charge in [-0.05, 0) is 13.3 Å². The number of anilines is 1. The third-order valence-electron chi connectivity index (χ3n) is 3.91. The number of aryl methyl sites for hydroxylation is 1. The first-order valence-electron chi connectivity index (χ1n) is 7.96. The molecule has 1 fully saturated rings. The molecule has 23 heavy (non-hydrogen) atoms. The molecule has 7 nitrogen and oxygen atoms in total. The van der Waals surface area contributed by atoms with Gasteiger partial charge in [-0.15, -0.1) is 10.2 Å². The average Bonchev–Trinajstić information content (AvgIpc) is 3.12. The summed E-state index contributed by atoms with van der Waals surface area (Å²) in [5.74, 6) is -0.510. The molecule has 0 spiro atoms. The normalized spacial score (nSPS) is 19.2. The SMILES string of the molecule is CCCCc1nnc(NC(=O)C2CC(=O)N(C(C)COC)C2)s1. The molecule has 2 rings (SSSR count). The van der Waals surface area contributed by atoms with E-state index in [1.54, 1.807) is 12.0 Å². The van der Waals surface area contributed by atoms with Crippen molar-refractivity contribution in [1.82, 2.24) is 15.1 Å². The number of likely N-dealkylation sites (tertiary alicyclic amines) is 1. The Hall–Kier alpha value is -1.54. The Bertz CT molecular complexity index is 549. The Morgan fingerprint density at radius 3 is 3.00 bits per heavy atom. The van der Waals surface area contributed by atoms with Crippen molar-refractivity contribution < 1.29 is 14.3 Å². The van der Waals surface area contributed by atoms with Gasteiger partial charge >= 0.3 is 0 Å². The quantitative estimate of drug-likeness (QED) is 0.779. The third kappa shape index (κ3) is 4.71. The van der Waals surface area contributed by atoms with Gasteiger partial charge in [0.25, 0.3) is 0 Å². The minimum absolute atomic E-state index is 0.00408. The van der Waals surface area contributed by atoms with Crippen molar-refractivity contribution in [2.75, 3.05) is 25.6 Å². The molecule has 2 amide bonds. The maximum absolute atomic E-state index is 12.3. The van der Waals surface area contributed by atoms with E-state index in [1.165, 1.54) is 11.3 Å². The highest BCUT2D eigenvalue weighted by atomic mass is 32.1. The number of nitrogens with zero attached hydrogens (tertiary/aromatic N) is 3. The summed E-state index contributed by atoms with van der Waals surface area (Å²) in [4.78, 5) is 26.1. The van der Waals surface area contributed by atoms with Crippen molar-refractivity contribution in [3.05, 3.63) is 5.01 Å². The fraction of sp³-hybridized carbons (Fsp3) is 0.733. The van der Waals surface area contributed by atoms with Crippen molar-refractivity contribution >= 4 is 28.3 Å². The predicted octanol–water partition coefficient (Wildman–Crippen LogP) is 1.70. The van der Waals surface area contributed by atoms with Crippen LogP contribution < -0.4 is 5.32 Å². The van der Waals surface area contributed by atoms with E-state index in [4.69, 9.17) is 4.74 Å². The third-order valence-corrected chi connectivity index (χ3v) is 4.81. The highest BCUT2D eigenvalue weighted by Gasteiger charge is 2.36. The smallest absolute Gasteiger partial charge is 0.231 e. The van der Waals surface area contributed by atoms with Crippen LogP contribution in [0.4, 0.5) is 5.13 Å². The number of rotatable bonds is 8. The molecule has 0 saturated carbocycles. The van der Waals surface area contributed by atoms with Crippen LogP contribution in [0, 0.1) is 5.92 Å². The van der Waals surface area contributed by atoms with Gasteiger partial charge in [0.2, 0.25) is 16.9 Å². The summed E-state index contributed by atoms with van der Waals surface area (Å²) in [7, 11) is 1.60. The minimum Gasteiger partial charge on any atom is -0.383 e. The predicted molar refractivity (Wildman–Crippen MR) is 88.3 cm³/mol. The van der Waals surface area contributed by atoms with E-state index in [0.29, 0.717) is 18.3 Å². The van der Waals surface area contributed by atoms with Crippen LogP contribution in [0.25, 0.3) is 0 Å². The largest absolute Gasteiger partial charge is 0.383 e. The summed E-state index contributed by atoms with van der Waals surface area (Å²) >= 11 is 1.40. The lowest BCUT2D eigenvalue weighted by Crippen LogP contribution is -2.38. The average molecular weight is 340 g/mol. The van der Waals surface area contributed by atoms with Gasteiger partial charge in [0.1, 0.15) is 5.01 Å². The molecule has 1 aromatic rings. The fourth-order valence-corrected chi connectivity index (χ4v) is 3.39. The summed E-state index contributed by atoms with van der Waals surface area (Å²) in [6, 6.07) is -0.0209. The number of amides is 2. The molecular weight excluding hydrogens is 316 g/mol. The molecule has 0 bridgehead atoms. The summed E-state index contributed by atoms with van der Waals surface area (Å²) in [5, 5.41) is 12.3. The number of hydrogen-bond donors (Lipinski definition) is 1. The van der Waals surface area contributed by atoms with Crippen LogP contribution in [0.5, 0.6) is 0 Å². The molecule has 0 radical (unpaired) electrons. The lowest BCUT2D eigenvalue weighted by molar-refractivity contribution is -0.130. The zero-order valence-corrected chi connectivity index (χ0v) is 14.7. The molecule has 0 aliphatic carbocycles. The maximum Gasteiger partial charge on any atom is 0.231 e. The van der Waals surface area contributed by atoms with E-state index < -0.39 is 0 Å². The molecule has 128 valence electrons. The van der Waals surface area contributed by atoms with E-state index >= 15 is 0 Å². The van der Waals surface area contributed by atoms with Gasteiger partial charge in [-0.1, -0.05) is 24.7 Å². The minimum atomic E-state index is -0.343. The molecular formula is C15H24N4O3S. The van der Waals surface area contributed by atoms with E-state index in [0.717, 1.165) is 24.3 Å². The standard InChI is InChI=1S/C15H24N4O3S/c1-4-5-6-12-17-18-15(23-12)16-14(21)11-7-13(20)19(8-11)10(2)9-22-3/h10-11H,4-9H2,1-3H3,(H,16,18,21). The number of carbonyl (C=O) groups is 2. The van der Waals surface area contributed by atoms with Crippen LogP contribution in [0.2, 0.25) is 0 Å². The van der Waals surface area contributed by atoms with Gasteiger partial charge < -0.3 is 15.0 Å². The van der Waals surface area contributed by atoms with Crippen LogP contribution >= 0.6 is 11.3 Å². The first-order chi connectivity index (χ1) is 11.0. The highest BCUT2D eigenvalue weighted by Crippen LogP contribution is 2.23. The van der Waals surface area contributed by atoms with Crippen LogP contribution in [0.15, 0.2) is 0 Å². The lowest BCUT2D eigenvalue weighted by Gasteiger charge is -2.23. The van der Waals surface area contributed by atoms with Gasteiger partial charge in [-0.25, -0.2) is 0 Å². The van der Waals surface area contributed by atoms with Gasteiger partial charge in [-0.3, -0.25) is 9.59 Å². The Morgan fingerprint density at radius 2 is 2.30 bits per heavy atom. The number of nitrogens with one attached hydrogen (secondary N) is 1. The molecule has 0 aromatic carbocycles. The highest BCUT2D eigenvalue weighted by molar-refractivity contribution is 7.15. The van der Waals surface area contributed by atoms with E-state index in [9.17, 15) is 9.59 Å². The molecule has 1 saturated heterocycles. The molecule has 1 N–H and O–H groups in total. The monoisotopic (exact) mass is 340 g/mol. The van der Waals surface area contributed by atoms with E-state index in [2.05, 4.69) is 22.4 Å². The topological polar surface area (TPSA) is 84.4 Å². The molecule has 1 aliphatic rings. The molecule has 8 heteroatoms. The van der Waals surface area contributed by atoms with Crippen molar-refractivity contribution in [3.63, 3.8) is 0 Å². The first kappa shape index (κ1) is 17.8. The summed E-state index contributed by atoms with van der Waals surface area (Å²) in [6.45, 7) is 4.94. The second-order valence-corrected chi connectivity index (χ2v) is 6.91. The lowest BCUT2D eigenvalue weighted by atomic mass is 10.1. The van der Waals surface area contributed by atoms with Crippen LogP contribution in [-0.2, 0) is 20.7 Å². The van der Waals surface area contributed by atoms with Crippen LogP contribution in [0.1, 0.15) is 38.1 Å². The molecule has 2 heterocycles. The van der Waals surface area contributed by atoms with Crippen LogP contribution in [0.3, 0.4) is 0 Å². The summed E-state index contributed by atoms with van der Waals surface area (Å²) in [5.41, 5.74) is 0. The Kier molecular flexibility index (Phi) is 6.47. The Morgan fingerprint density at radius 1 is 1.52 bits per heavy atom. The first-order valence-corrected chi connectivity index (χ1v) is 8.78. The molecule has 2 atom stereocenters. The number of methoxy groups -OCH3 is 1. The summed E-state index contributed by atoms with van der Waals surface area (Å²) in [6.07, 6.45) is 3.28. The van der Waals surface area contributed by atoms with Gasteiger partial charge in [0, 0.05) is 26.5 Å². The zero-order chi connectivity index (χ0) is 16.8. The fourth-order valence-electron chi connectivity index (χ4n) is 2.60. The van der Waals surface area contributed by atoms with Crippen molar-refractivity contribution in [2.24, 2.45) is 5.92 Å². The molecule has 2 unspecified atom stereocenters. The number of aromatic nitrogens is 2. The van der Waals surface area contributed by atoms with Gasteiger partial charge in [0.05, 0.1) is 18.6 Å². The Balaban J connectivity index is 1.89.